The van der Waals surface area contributed by atoms with Gasteiger partial charge in [-0.15, -0.1) is 0 Å². The van der Waals surface area contributed by atoms with E-state index in [0.717, 1.165) is 0 Å². The van der Waals surface area contributed by atoms with Crippen molar-refractivity contribution < 1.29 is 79.1 Å². The molecule has 16 nitrogen and oxygen atoms in total. The van der Waals surface area contributed by atoms with Crippen molar-refractivity contribution in [3.05, 3.63) is 0 Å². The summed E-state index contributed by atoms with van der Waals surface area (Å²) >= 11 is 0. The molecule has 0 saturated heterocycles. The molecule has 0 aliphatic carbocycles. The van der Waals surface area contributed by atoms with Crippen LogP contribution < -0.4 is 0 Å². The van der Waals surface area contributed by atoms with Crippen LogP contribution >= 0.6 is 0 Å². The molecule has 0 radical (unpaired) electrons. The highest BCUT2D eigenvalue weighted by Gasteiger charge is 2.30. The Morgan fingerprint density at radius 3 is 1.35 bits per heavy atom. The Balaban J connectivity index is 4.88. The van der Waals surface area contributed by atoms with Crippen molar-refractivity contribution in [2.75, 3.05) is 0 Å². The van der Waals surface area contributed by atoms with Gasteiger partial charge in [-0.3, -0.25) is 14.4 Å². The fourth-order valence-corrected chi connectivity index (χ4v) is 2.54. The van der Waals surface area contributed by atoms with Crippen molar-refractivity contribution >= 4 is 35.8 Å². The fourth-order valence-electron chi connectivity index (χ4n) is 2.54. The van der Waals surface area contributed by atoms with Crippen LogP contribution in [0.4, 0.5) is 0 Å². The largest absolute Gasteiger partial charge is 0.481 e. The van der Waals surface area contributed by atoms with Crippen LogP contribution in [0.1, 0.15) is 38.5 Å². The Hall–Kier alpha value is -3.34. The molecule has 0 amide bonds. The Labute approximate surface area is 190 Å². The molecular formula is C18H26O16. The van der Waals surface area contributed by atoms with Gasteiger partial charge in [0.25, 0.3) is 0 Å². The maximum atomic E-state index is 11.9. The second-order valence-corrected chi connectivity index (χ2v) is 7.16. The van der Waals surface area contributed by atoms with E-state index in [4.69, 9.17) is 25.2 Å². The zero-order valence-electron chi connectivity index (χ0n) is 17.6. The van der Waals surface area contributed by atoms with Gasteiger partial charge in [0, 0.05) is 19.3 Å². The van der Waals surface area contributed by atoms with E-state index in [9.17, 15) is 49.2 Å². The molecule has 0 heterocycles. The molecule has 16 heteroatoms. The van der Waals surface area contributed by atoms with E-state index in [1.807, 2.05) is 0 Å². The van der Waals surface area contributed by atoms with E-state index in [0.29, 0.717) is 0 Å². The summed E-state index contributed by atoms with van der Waals surface area (Å²) in [6.45, 7) is 0. The zero-order chi connectivity index (χ0) is 26.6. The lowest BCUT2D eigenvalue weighted by atomic mass is 10.1. The number of rotatable bonds is 17. The Morgan fingerprint density at radius 1 is 0.559 bits per heavy atom. The summed E-state index contributed by atoms with van der Waals surface area (Å²) in [4.78, 5) is 66.8. The van der Waals surface area contributed by atoms with Gasteiger partial charge in [-0.25, -0.2) is 14.4 Å². The second-order valence-electron chi connectivity index (χ2n) is 7.16. The number of ether oxygens (including phenoxy) is 2. The first kappa shape index (κ1) is 30.7. The SMILES string of the molecule is O=C(O)CC(CC(O)C(=O)O)OC(=O)CC(O)CC(O)C(=O)OC(CC(=O)O)CC(O)C(=O)O. The molecule has 8 N–H and O–H groups in total. The van der Waals surface area contributed by atoms with Crippen molar-refractivity contribution in [1.82, 2.24) is 0 Å². The molecule has 34 heavy (non-hydrogen) atoms. The Morgan fingerprint density at radius 2 is 0.971 bits per heavy atom. The first-order valence-corrected chi connectivity index (χ1v) is 9.63. The highest BCUT2D eigenvalue weighted by molar-refractivity contribution is 5.77. The summed E-state index contributed by atoms with van der Waals surface area (Å²) in [5.41, 5.74) is 0. The van der Waals surface area contributed by atoms with Gasteiger partial charge in [0.2, 0.25) is 0 Å². The molecule has 0 fully saturated rings. The van der Waals surface area contributed by atoms with Gasteiger partial charge in [-0.05, 0) is 0 Å². The number of hydrogen-bond acceptors (Lipinski definition) is 12. The van der Waals surface area contributed by atoms with Crippen LogP contribution in [-0.4, -0.2) is 113 Å². The lowest BCUT2D eigenvalue weighted by Gasteiger charge is -2.21. The number of carboxylic acids is 4. The molecule has 0 aromatic carbocycles. The summed E-state index contributed by atoms with van der Waals surface area (Å²) in [5.74, 6) is -9.10. The van der Waals surface area contributed by atoms with Gasteiger partial charge in [0.15, 0.2) is 18.3 Å². The maximum absolute atomic E-state index is 11.9. The predicted octanol–water partition coefficient (Wildman–Crippen LogP) is -3.07. The van der Waals surface area contributed by atoms with Crippen molar-refractivity contribution in [2.45, 2.75) is 75.1 Å². The third kappa shape index (κ3) is 13.3. The molecule has 194 valence electrons. The summed E-state index contributed by atoms with van der Waals surface area (Å²) in [7, 11) is 0. The van der Waals surface area contributed by atoms with Gasteiger partial charge < -0.3 is 50.3 Å². The first-order chi connectivity index (χ1) is 15.6. The third-order valence-electron chi connectivity index (χ3n) is 4.10. The standard InChI is InChI=1S/C18H26O16/c19-7(2-15(27)33-8(5-13(23)24)3-10(20)16(28)29)1-12(22)18(32)34-9(6-14(25)26)4-11(21)17(30)31/h7-12,19-22H,1-6H2,(H,23,24)(H,25,26)(H,28,29)(H,30,31). The average Bonchev–Trinajstić information content (AvgIpc) is 2.65. The summed E-state index contributed by atoms with van der Waals surface area (Å²) in [5, 5.41) is 73.1. The normalized spacial score (nSPS) is 16.2. The lowest BCUT2D eigenvalue weighted by Crippen LogP contribution is -2.36. The van der Waals surface area contributed by atoms with Crippen LogP contribution in [-0.2, 0) is 38.2 Å². The summed E-state index contributed by atoms with van der Waals surface area (Å²) < 4.78 is 9.37. The minimum absolute atomic E-state index is 0.758. The van der Waals surface area contributed by atoms with Crippen LogP contribution in [0.5, 0.6) is 0 Å². The van der Waals surface area contributed by atoms with Crippen molar-refractivity contribution in [3.63, 3.8) is 0 Å². The minimum atomic E-state index is -2.11. The molecule has 0 aliphatic heterocycles. The number of aliphatic hydroxyl groups excluding tert-OH is 4. The van der Waals surface area contributed by atoms with E-state index in [1.54, 1.807) is 0 Å². The molecule has 0 aromatic heterocycles. The molecule has 0 aromatic rings. The van der Waals surface area contributed by atoms with Gasteiger partial charge in [0.1, 0.15) is 12.2 Å². The summed E-state index contributed by atoms with van der Waals surface area (Å²) in [6, 6.07) is 0. The number of carbonyl (C=O) groups is 6. The number of hydrogen-bond donors (Lipinski definition) is 8. The van der Waals surface area contributed by atoms with Crippen LogP contribution in [0.2, 0.25) is 0 Å². The number of aliphatic carboxylic acids is 4. The monoisotopic (exact) mass is 498 g/mol. The van der Waals surface area contributed by atoms with Crippen LogP contribution in [0.3, 0.4) is 0 Å². The summed E-state index contributed by atoms with van der Waals surface area (Å²) in [6.07, 6.45) is -16.2. The topological polar surface area (TPSA) is 283 Å². The third-order valence-corrected chi connectivity index (χ3v) is 4.10. The van der Waals surface area contributed by atoms with Crippen molar-refractivity contribution in [1.29, 1.82) is 0 Å². The second kappa shape index (κ2) is 14.7. The van der Waals surface area contributed by atoms with E-state index in [2.05, 4.69) is 4.74 Å². The Kier molecular flexibility index (Phi) is 13.3. The zero-order valence-corrected chi connectivity index (χ0v) is 17.6. The lowest BCUT2D eigenvalue weighted by molar-refractivity contribution is -0.168. The number of carbonyl (C=O) groups excluding carboxylic acids is 2. The predicted molar refractivity (Wildman–Crippen MR) is 102 cm³/mol. The molecule has 0 spiro atoms. The van der Waals surface area contributed by atoms with Crippen LogP contribution in [0, 0.1) is 0 Å². The van der Waals surface area contributed by atoms with Crippen LogP contribution in [0.15, 0.2) is 0 Å². The average molecular weight is 498 g/mol. The smallest absolute Gasteiger partial charge is 0.335 e. The van der Waals surface area contributed by atoms with Gasteiger partial charge in [0.05, 0.1) is 25.4 Å². The van der Waals surface area contributed by atoms with Crippen molar-refractivity contribution in [3.8, 4) is 0 Å². The molecule has 0 bridgehead atoms. The highest BCUT2D eigenvalue weighted by Crippen LogP contribution is 2.14. The number of carboxylic acid groups (broad SMARTS) is 4. The number of esters is 2. The van der Waals surface area contributed by atoms with Crippen LogP contribution in [0.25, 0.3) is 0 Å². The minimum Gasteiger partial charge on any atom is -0.481 e. The molecule has 6 unspecified atom stereocenters. The van der Waals surface area contributed by atoms with Gasteiger partial charge >= 0.3 is 35.8 Å². The molecule has 0 saturated carbocycles. The molecular weight excluding hydrogens is 472 g/mol. The molecule has 0 aliphatic rings. The molecule has 0 rings (SSSR count). The van der Waals surface area contributed by atoms with E-state index < -0.39 is 111 Å². The van der Waals surface area contributed by atoms with E-state index >= 15 is 0 Å². The fraction of sp³-hybridized carbons (Fsp3) is 0.667. The van der Waals surface area contributed by atoms with E-state index in [-0.39, 0.29) is 0 Å². The maximum Gasteiger partial charge on any atom is 0.335 e. The van der Waals surface area contributed by atoms with Gasteiger partial charge in [-0.2, -0.15) is 0 Å². The highest BCUT2D eigenvalue weighted by atomic mass is 16.6. The quantitative estimate of drug-likeness (QED) is 0.0923. The Bertz CT molecular complexity index is 748. The molecule has 6 atom stereocenters. The van der Waals surface area contributed by atoms with Gasteiger partial charge in [-0.1, -0.05) is 0 Å². The number of aliphatic hydroxyl groups is 4. The van der Waals surface area contributed by atoms with E-state index in [1.165, 1.54) is 0 Å². The van der Waals surface area contributed by atoms with Crippen molar-refractivity contribution in [2.24, 2.45) is 0 Å². The first-order valence-electron chi connectivity index (χ1n) is 9.63.